The van der Waals surface area contributed by atoms with Gasteiger partial charge in [-0.25, -0.2) is 0 Å². The van der Waals surface area contributed by atoms with Crippen LogP contribution in [0.3, 0.4) is 0 Å². The summed E-state index contributed by atoms with van der Waals surface area (Å²) in [6.45, 7) is 2.20. The van der Waals surface area contributed by atoms with E-state index in [1.165, 1.54) is 0 Å². The standard InChI is InChI=1S/C16H20N2O3/c1-20-13-5-4-11-7-12(16(19)18-15(11)8-13)9-17-10-14-3-2-6-21-14/h4-5,7-8,14,17H,2-3,6,9-10H2,1H3,(H,18,19)/t14-/m1/s1. The maximum absolute atomic E-state index is 12.1. The van der Waals surface area contributed by atoms with Gasteiger partial charge in [-0.2, -0.15) is 0 Å². The molecule has 0 unspecified atom stereocenters. The smallest absolute Gasteiger partial charge is 0.252 e. The van der Waals surface area contributed by atoms with E-state index in [4.69, 9.17) is 9.47 Å². The lowest BCUT2D eigenvalue weighted by molar-refractivity contribution is 0.110. The average molecular weight is 288 g/mol. The summed E-state index contributed by atoms with van der Waals surface area (Å²) < 4.78 is 10.7. The quantitative estimate of drug-likeness (QED) is 0.880. The van der Waals surface area contributed by atoms with Crippen LogP contribution in [-0.4, -0.2) is 31.3 Å². The number of H-pyrrole nitrogens is 1. The average Bonchev–Trinajstić information content (AvgIpc) is 3.00. The second kappa shape index (κ2) is 6.28. The molecule has 1 aromatic heterocycles. The molecular weight excluding hydrogens is 268 g/mol. The summed E-state index contributed by atoms with van der Waals surface area (Å²) in [5.74, 6) is 0.738. The molecule has 1 saturated heterocycles. The van der Waals surface area contributed by atoms with Gasteiger partial charge in [0.1, 0.15) is 5.75 Å². The predicted molar refractivity (Wildman–Crippen MR) is 81.8 cm³/mol. The molecule has 112 valence electrons. The highest BCUT2D eigenvalue weighted by molar-refractivity contribution is 5.80. The molecular formula is C16H20N2O3. The van der Waals surface area contributed by atoms with Gasteiger partial charge in [0, 0.05) is 31.3 Å². The molecule has 3 rings (SSSR count). The maximum Gasteiger partial charge on any atom is 0.252 e. The van der Waals surface area contributed by atoms with Crippen molar-refractivity contribution in [2.45, 2.75) is 25.5 Å². The fourth-order valence-electron chi connectivity index (χ4n) is 2.66. The first-order valence-corrected chi connectivity index (χ1v) is 7.28. The van der Waals surface area contributed by atoms with Gasteiger partial charge < -0.3 is 19.8 Å². The zero-order valence-corrected chi connectivity index (χ0v) is 12.1. The third-order valence-corrected chi connectivity index (χ3v) is 3.84. The minimum absolute atomic E-state index is 0.0596. The SMILES string of the molecule is COc1ccc2cc(CNC[C@H]3CCCO3)c(=O)[nH]c2c1. The Bertz CT molecular complexity index is 675. The summed E-state index contributed by atoms with van der Waals surface area (Å²) in [5.41, 5.74) is 1.48. The molecule has 1 atom stereocenters. The second-order valence-corrected chi connectivity index (χ2v) is 5.34. The van der Waals surface area contributed by atoms with Crippen LogP contribution >= 0.6 is 0 Å². The van der Waals surface area contributed by atoms with Crippen LogP contribution in [-0.2, 0) is 11.3 Å². The molecule has 0 amide bonds. The van der Waals surface area contributed by atoms with Crippen molar-refractivity contribution < 1.29 is 9.47 Å². The fourth-order valence-corrected chi connectivity index (χ4v) is 2.66. The lowest BCUT2D eigenvalue weighted by Gasteiger charge is -2.11. The molecule has 1 aliphatic rings. The van der Waals surface area contributed by atoms with Crippen LogP contribution in [0.2, 0.25) is 0 Å². The van der Waals surface area contributed by atoms with Crippen LogP contribution in [0.4, 0.5) is 0 Å². The van der Waals surface area contributed by atoms with Crippen LogP contribution in [0.1, 0.15) is 18.4 Å². The third-order valence-electron chi connectivity index (χ3n) is 3.84. The largest absolute Gasteiger partial charge is 0.497 e. The number of rotatable bonds is 5. The Morgan fingerprint density at radius 1 is 1.43 bits per heavy atom. The van der Waals surface area contributed by atoms with Gasteiger partial charge in [0.25, 0.3) is 5.56 Å². The number of nitrogens with one attached hydrogen (secondary N) is 2. The number of hydrogen-bond acceptors (Lipinski definition) is 4. The fraction of sp³-hybridized carbons (Fsp3) is 0.438. The van der Waals surface area contributed by atoms with Gasteiger partial charge in [-0.1, -0.05) is 0 Å². The topological polar surface area (TPSA) is 63.4 Å². The zero-order valence-electron chi connectivity index (χ0n) is 12.1. The number of fused-ring (bicyclic) bond motifs is 1. The maximum atomic E-state index is 12.1. The molecule has 2 N–H and O–H groups in total. The van der Waals surface area contributed by atoms with E-state index in [1.807, 2.05) is 24.3 Å². The number of hydrogen-bond donors (Lipinski definition) is 2. The van der Waals surface area contributed by atoms with Gasteiger partial charge in [0.2, 0.25) is 0 Å². The predicted octanol–water partition coefficient (Wildman–Crippen LogP) is 1.81. The lowest BCUT2D eigenvalue weighted by Crippen LogP contribution is -2.28. The Balaban J connectivity index is 1.72. The molecule has 21 heavy (non-hydrogen) atoms. The van der Waals surface area contributed by atoms with Crippen molar-refractivity contribution >= 4 is 10.9 Å². The van der Waals surface area contributed by atoms with Crippen LogP contribution < -0.4 is 15.6 Å². The Morgan fingerprint density at radius 3 is 3.10 bits per heavy atom. The molecule has 0 aliphatic carbocycles. The number of benzene rings is 1. The van der Waals surface area contributed by atoms with Crippen molar-refractivity contribution in [1.82, 2.24) is 10.3 Å². The van der Waals surface area contributed by atoms with Crippen LogP contribution in [0.5, 0.6) is 5.75 Å². The van der Waals surface area contributed by atoms with E-state index in [0.29, 0.717) is 6.54 Å². The Hall–Kier alpha value is -1.85. The molecule has 1 aromatic carbocycles. The van der Waals surface area contributed by atoms with Crippen molar-refractivity contribution in [3.05, 3.63) is 40.2 Å². The van der Waals surface area contributed by atoms with Gasteiger partial charge in [0.15, 0.2) is 0 Å². The third kappa shape index (κ3) is 3.25. The molecule has 0 radical (unpaired) electrons. The van der Waals surface area contributed by atoms with E-state index in [2.05, 4.69) is 10.3 Å². The van der Waals surface area contributed by atoms with Gasteiger partial charge in [-0.15, -0.1) is 0 Å². The van der Waals surface area contributed by atoms with Gasteiger partial charge in [-0.3, -0.25) is 4.79 Å². The van der Waals surface area contributed by atoms with E-state index in [9.17, 15) is 4.79 Å². The van der Waals surface area contributed by atoms with E-state index < -0.39 is 0 Å². The molecule has 2 aromatic rings. The lowest BCUT2D eigenvalue weighted by atomic mass is 10.1. The first kappa shape index (κ1) is 14.1. The van der Waals surface area contributed by atoms with E-state index >= 15 is 0 Å². The highest BCUT2D eigenvalue weighted by Gasteiger charge is 2.14. The van der Waals surface area contributed by atoms with Gasteiger partial charge in [-0.05, 0) is 36.4 Å². The highest BCUT2D eigenvalue weighted by Crippen LogP contribution is 2.18. The molecule has 1 fully saturated rings. The zero-order chi connectivity index (χ0) is 14.7. The van der Waals surface area contributed by atoms with Crippen molar-refractivity contribution in [3.63, 3.8) is 0 Å². The van der Waals surface area contributed by atoms with Gasteiger partial charge >= 0.3 is 0 Å². The molecule has 5 nitrogen and oxygen atoms in total. The Kier molecular flexibility index (Phi) is 4.22. The van der Waals surface area contributed by atoms with Gasteiger partial charge in [0.05, 0.1) is 18.7 Å². The summed E-state index contributed by atoms with van der Waals surface area (Å²) in [5, 5.41) is 4.31. The summed E-state index contributed by atoms with van der Waals surface area (Å²) in [6.07, 6.45) is 2.51. The van der Waals surface area contributed by atoms with E-state index in [1.54, 1.807) is 7.11 Å². The number of aromatic amines is 1. The molecule has 0 saturated carbocycles. The van der Waals surface area contributed by atoms with Crippen LogP contribution in [0, 0.1) is 0 Å². The molecule has 2 heterocycles. The highest BCUT2D eigenvalue weighted by atomic mass is 16.5. The Labute approximate surface area is 123 Å². The number of methoxy groups -OCH3 is 1. The minimum atomic E-state index is -0.0596. The number of pyridine rings is 1. The first-order chi connectivity index (χ1) is 10.3. The monoisotopic (exact) mass is 288 g/mol. The molecule has 5 heteroatoms. The van der Waals surface area contributed by atoms with Crippen molar-refractivity contribution in [2.75, 3.05) is 20.3 Å². The molecule has 0 bridgehead atoms. The van der Waals surface area contributed by atoms with Crippen LogP contribution in [0.25, 0.3) is 10.9 Å². The van der Waals surface area contributed by atoms with E-state index in [-0.39, 0.29) is 11.7 Å². The number of aromatic nitrogens is 1. The van der Waals surface area contributed by atoms with Crippen molar-refractivity contribution in [2.24, 2.45) is 0 Å². The summed E-state index contributed by atoms with van der Waals surface area (Å²) in [6, 6.07) is 7.61. The first-order valence-electron chi connectivity index (χ1n) is 7.28. The summed E-state index contributed by atoms with van der Waals surface area (Å²) in [7, 11) is 1.61. The van der Waals surface area contributed by atoms with Crippen molar-refractivity contribution in [3.8, 4) is 5.75 Å². The van der Waals surface area contributed by atoms with E-state index in [0.717, 1.165) is 48.2 Å². The minimum Gasteiger partial charge on any atom is -0.497 e. The molecule has 1 aliphatic heterocycles. The normalized spacial score (nSPS) is 18.2. The molecule has 0 spiro atoms. The Morgan fingerprint density at radius 2 is 2.33 bits per heavy atom. The summed E-state index contributed by atoms with van der Waals surface area (Å²) in [4.78, 5) is 15.0. The second-order valence-electron chi connectivity index (χ2n) is 5.34. The van der Waals surface area contributed by atoms with Crippen LogP contribution in [0.15, 0.2) is 29.1 Å². The number of ether oxygens (including phenoxy) is 2. The summed E-state index contributed by atoms with van der Waals surface area (Å²) >= 11 is 0. The van der Waals surface area contributed by atoms with Crippen molar-refractivity contribution in [1.29, 1.82) is 0 Å².